The lowest BCUT2D eigenvalue weighted by Gasteiger charge is -2.20. The Balaban J connectivity index is 1.97. The van der Waals surface area contributed by atoms with Crippen molar-refractivity contribution in [3.05, 3.63) is 58.4 Å². The predicted octanol–water partition coefficient (Wildman–Crippen LogP) is 4.64. The monoisotopic (exact) mass is 411 g/mol. The first kappa shape index (κ1) is 21.3. The van der Waals surface area contributed by atoms with E-state index in [1.165, 1.54) is 5.56 Å². The van der Waals surface area contributed by atoms with Crippen LogP contribution >= 0.6 is 11.3 Å². The highest BCUT2D eigenvalue weighted by atomic mass is 32.1. The first-order valence-corrected chi connectivity index (χ1v) is 11.0. The fourth-order valence-corrected chi connectivity index (χ4v) is 4.59. The van der Waals surface area contributed by atoms with Crippen molar-refractivity contribution in [2.24, 2.45) is 4.99 Å². The van der Waals surface area contributed by atoms with Gasteiger partial charge in [-0.25, -0.2) is 0 Å². The van der Waals surface area contributed by atoms with Gasteiger partial charge in [0, 0.05) is 37.5 Å². The summed E-state index contributed by atoms with van der Waals surface area (Å²) in [7, 11) is 0. The quantitative estimate of drug-likeness (QED) is 0.508. The van der Waals surface area contributed by atoms with Crippen LogP contribution in [0.15, 0.2) is 47.5 Å². The molecule has 1 heterocycles. The van der Waals surface area contributed by atoms with E-state index in [0.717, 1.165) is 29.0 Å². The number of anilines is 1. The predicted molar refractivity (Wildman–Crippen MR) is 121 cm³/mol. The van der Waals surface area contributed by atoms with Crippen LogP contribution in [0.5, 0.6) is 0 Å². The summed E-state index contributed by atoms with van der Waals surface area (Å²) in [5.41, 5.74) is 4.02. The molecule has 0 radical (unpaired) electrons. The van der Waals surface area contributed by atoms with Crippen LogP contribution in [-0.4, -0.2) is 36.8 Å². The largest absolute Gasteiger partial charge is 0.380 e. The Hall–Kier alpha value is -2.44. The number of carbonyl (C=O) groups excluding carboxylic acids is 1. The van der Waals surface area contributed by atoms with Crippen LogP contribution in [0.3, 0.4) is 0 Å². The average molecular weight is 412 g/mol. The van der Waals surface area contributed by atoms with Crippen molar-refractivity contribution in [1.82, 2.24) is 4.57 Å². The summed E-state index contributed by atoms with van der Waals surface area (Å²) in [4.78, 5) is 20.3. The molecule has 0 N–H and O–H groups in total. The Morgan fingerprint density at radius 1 is 1.10 bits per heavy atom. The van der Waals surface area contributed by atoms with Gasteiger partial charge in [0.05, 0.1) is 16.8 Å². The second-order valence-electron chi connectivity index (χ2n) is 6.79. The maximum atomic E-state index is 12.9. The van der Waals surface area contributed by atoms with Gasteiger partial charge in [0.15, 0.2) is 4.80 Å². The molecule has 0 atom stereocenters. The maximum absolute atomic E-state index is 12.9. The molecule has 0 aliphatic rings. The first-order valence-electron chi connectivity index (χ1n) is 10.2. The van der Waals surface area contributed by atoms with Gasteiger partial charge in [-0.1, -0.05) is 23.5 Å². The van der Waals surface area contributed by atoms with Crippen LogP contribution in [0.25, 0.3) is 10.2 Å². The Labute approximate surface area is 176 Å². The van der Waals surface area contributed by atoms with Crippen molar-refractivity contribution in [3.63, 3.8) is 0 Å². The molecule has 0 unspecified atom stereocenters. The lowest BCUT2D eigenvalue weighted by atomic mass is 10.2. The Morgan fingerprint density at radius 3 is 2.48 bits per heavy atom. The number of para-hydroxylation sites is 1. The number of aryl methyl sites for hydroxylation is 1. The smallest absolute Gasteiger partial charge is 0.279 e. The molecule has 0 bridgehead atoms. The van der Waals surface area contributed by atoms with Crippen LogP contribution in [0.1, 0.15) is 36.7 Å². The van der Waals surface area contributed by atoms with Gasteiger partial charge in [0.2, 0.25) is 0 Å². The molecule has 0 fully saturated rings. The topological polar surface area (TPSA) is 46.8 Å². The molecule has 6 heteroatoms. The number of fused-ring (bicyclic) bond motifs is 1. The summed E-state index contributed by atoms with van der Waals surface area (Å²) >= 11 is 1.55. The molecule has 29 heavy (non-hydrogen) atoms. The van der Waals surface area contributed by atoms with Crippen molar-refractivity contribution in [2.75, 3.05) is 31.2 Å². The van der Waals surface area contributed by atoms with E-state index in [2.05, 4.69) is 47.4 Å². The molecule has 3 aromatic rings. The number of rotatable bonds is 8. The molecule has 1 amide bonds. The molecule has 0 saturated carbocycles. The maximum Gasteiger partial charge on any atom is 0.279 e. The number of amides is 1. The minimum atomic E-state index is -0.217. The third kappa shape index (κ3) is 4.77. The fourth-order valence-electron chi connectivity index (χ4n) is 3.46. The normalized spacial score (nSPS) is 11.9. The van der Waals surface area contributed by atoms with Crippen molar-refractivity contribution >= 4 is 33.1 Å². The van der Waals surface area contributed by atoms with Gasteiger partial charge in [-0.3, -0.25) is 4.79 Å². The average Bonchev–Trinajstić information content (AvgIpc) is 3.08. The number of carbonyl (C=O) groups is 1. The zero-order valence-corrected chi connectivity index (χ0v) is 18.5. The van der Waals surface area contributed by atoms with Gasteiger partial charge in [0.25, 0.3) is 5.91 Å². The number of aromatic nitrogens is 1. The van der Waals surface area contributed by atoms with Gasteiger partial charge >= 0.3 is 0 Å². The molecular weight excluding hydrogens is 382 g/mol. The Kier molecular flexibility index (Phi) is 7.23. The molecule has 1 aromatic heterocycles. The summed E-state index contributed by atoms with van der Waals surface area (Å²) in [5, 5.41) is 0. The highest BCUT2D eigenvalue weighted by Gasteiger charge is 2.11. The number of thiazole rings is 1. The van der Waals surface area contributed by atoms with Gasteiger partial charge < -0.3 is 14.2 Å². The van der Waals surface area contributed by atoms with Crippen molar-refractivity contribution in [2.45, 2.75) is 34.2 Å². The standard InChI is InChI=1S/C23H29N3O2S/c1-5-25(6-2)19-13-11-18(12-14-19)22(27)24-23-26(15-16-28-7-3)21-17(4)9-8-10-20(21)29-23/h8-14H,5-7,15-16H2,1-4H3. The third-order valence-corrected chi connectivity index (χ3v) is 6.05. The van der Waals surface area contributed by atoms with Gasteiger partial charge in [-0.05, 0) is 63.6 Å². The molecule has 0 aliphatic carbocycles. The van der Waals surface area contributed by atoms with Gasteiger partial charge in [0.1, 0.15) is 0 Å². The van der Waals surface area contributed by atoms with E-state index in [0.29, 0.717) is 30.1 Å². The zero-order valence-electron chi connectivity index (χ0n) is 17.6. The second-order valence-corrected chi connectivity index (χ2v) is 7.80. The van der Waals surface area contributed by atoms with Crippen LogP contribution in [-0.2, 0) is 11.3 Å². The van der Waals surface area contributed by atoms with Gasteiger partial charge in [-0.15, -0.1) is 0 Å². The summed E-state index contributed by atoms with van der Waals surface area (Å²) in [6.07, 6.45) is 0. The zero-order chi connectivity index (χ0) is 20.8. The SMILES string of the molecule is CCOCCn1c(=NC(=O)c2ccc(N(CC)CC)cc2)sc2cccc(C)c21. The first-order chi connectivity index (χ1) is 14.1. The van der Waals surface area contributed by atoms with Gasteiger partial charge in [-0.2, -0.15) is 4.99 Å². The van der Waals surface area contributed by atoms with E-state index in [1.54, 1.807) is 11.3 Å². The summed E-state index contributed by atoms with van der Waals surface area (Å²) in [6.45, 7) is 12.1. The molecule has 0 saturated heterocycles. The van der Waals surface area contributed by atoms with Crippen molar-refractivity contribution in [1.29, 1.82) is 0 Å². The summed E-state index contributed by atoms with van der Waals surface area (Å²) < 4.78 is 8.78. The third-order valence-electron chi connectivity index (χ3n) is 5.01. The van der Waals surface area contributed by atoms with E-state index in [-0.39, 0.29) is 5.91 Å². The number of hydrogen-bond acceptors (Lipinski definition) is 4. The molecule has 2 aromatic carbocycles. The highest BCUT2D eigenvalue weighted by molar-refractivity contribution is 7.16. The Bertz CT molecular complexity index is 1030. The molecule has 154 valence electrons. The van der Waals surface area contributed by atoms with Crippen LogP contribution in [0.2, 0.25) is 0 Å². The highest BCUT2D eigenvalue weighted by Crippen LogP contribution is 2.21. The summed E-state index contributed by atoms with van der Waals surface area (Å²) in [5.74, 6) is -0.217. The minimum absolute atomic E-state index is 0.217. The number of ether oxygens (including phenoxy) is 1. The molecule has 5 nitrogen and oxygen atoms in total. The van der Waals surface area contributed by atoms with E-state index >= 15 is 0 Å². The number of hydrogen-bond donors (Lipinski definition) is 0. The lowest BCUT2D eigenvalue weighted by Crippen LogP contribution is -2.22. The van der Waals surface area contributed by atoms with Crippen LogP contribution < -0.4 is 9.70 Å². The molecular formula is C23H29N3O2S. The fraction of sp³-hybridized carbons (Fsp3) is 0.391. The van der Waals surface area contributed by atoms with E-state index in [1.807, 2.05) is 37.3 Å². The lowest BCUT2D eigenvalue weighted by molar-refractivity contribution is 0.0996. The number of benzene rings is 2. The van der Waals surface area contributed by atoms with E-state index < -0.39 is 0 Å². The van der Waals surface area contributed by atoms with Crippen LogP contribution in [0.4, 0.5) is 5.69 Å². The molecule has 3 rings (SSSR count). The van der Waals surface area contributed by atoms with E-state index in [4.69, 9.17) is 4.74 Å². The number of nitrogens with zero attached hydrogens (tertiary/aromatic N) is 3. The second kappa shape index (κ2) is 9.85. The minimum Gasteiger partial charge on any atom is -0.380 e. The molecule has 0 spiro atoms. The van der Waals surface area contributed by atoms with E-state index in [9.17, 15) is 4.79 Å². The Morgan fingerprint density at radius 2 is 1.83 bits per heavy atom. The van der Waals surface area contributed by atoms with Crippen molar-refractivity contribution < 1.29 is 9.53 Å². The summed E-state index contributed by atoms with van der Waals surface area (Å²) in [6, 6.07) is 13.9. The van der Waals surface area contributed by atoms with Crippen LogP contribution in [0, 0.1) is 6.92 Å². The van der Waals surface area contributed by atoms with Crippen molar-refractivity contribution in [3.8, 4) is 0 Å². The molecule has 0 aliphatic heterocycles.